The van der Waals surface area contributed by atoms with Gasteiger partial charge < -0.3 is 9.73 Å². The summed E-state index contributed by atoms with van der Waals surface area (Å²) in [5.74, 6) is 0.608. The van der Waals surface area contributed by atoms with Crippen molar-refractivity contribution in [3.63, 3.8) is 0 Å². The van der Waals surface area contributed by atoms with Crippen LogP contribution in [0.15, 0.2) is 39.7 Å². The van der Waals surface area contributed by atoms with Crippen molar-refractivity contribution >= 4 is 5.91 Å². The number of amides is 1. The van der Waals surface area contributed by atoms with Crippen molar-refractivity contribution in [2.24, 2.45) is 0 Å². The zero-order chi connectivity index (χ0) is 15.9. The van der Waals surface area contributed by atoms with E-state index in [-0.39, 0.29) is 17.5 Å². The van der Waals surface area contributed by atoms with Crippen molar-refractivity contribution in [3.05, 3.63) is 40.9 Å². The maximum absolute atomic E-state index is 12.0. The van der Waals surface area contributed by atoms with Crippen LogP contribution in [-0.4, -0.2) is 22.2 Å². The highest BCUT2D eigenvalue weighted by atomic mass is 16.3. The van der Waals surface area contributed by atoms with Crippen LogP contribution in [0.1, 0.15) is 39.2 Å². The molecule has 0 aliphatic rings. The molecular formula is C16H21N3O3. The van der Waals surface area contributed by atoms with Crippen molar-refractivity contribution in [1.29, 1.82) is 0 Å². The van der Waals surface area contributed by atoms with Gasteiger partial charge in [0.1, 0.15) is 5.69 Å². The van der Waals surface area contributed by atoms with E-state index in [4.69, 9.17) is 4.42 Å². The lowest BCUT2D eigenvalue weighted by Gasteiger charge is -2.15. The Kier molecular flexibility index (Phi) is 5.52. The number of nitrogens with zero attached hydrogens (tertiary/aromatic N) is 2. The molecule has 0 aromatic carbocycles. The molecule has 2 heterocycles. The van der Waals surface area contributed by atoms with Gasteiger partial charge in [0.15, 0.2) is 5.76 Å². The predicted octanol–water partition coefficient (Wildman–Crippen LogP) is 2.37. The Morgan fingerprint density at radius 3 is 2.91 bits per heavy atom. The standard InChI is InChI=1S/C16H21N3O3/c1-3-4-7-15(20)17-11-12(2)19-16(21)9-8-13(18-19)14-6-5-10-22-14/h5-6,8-10,12H,3-4,7,11H2,1-2H3,(H,17,20). The summed E-state index contributed by atoms with van der Waals surface area (Å²) < 4.78 is 6.66. The van der Waals surface area contributed by atoms with Gasteiger partial charge in [-0.05, 0) is 31.5 Å². The molecule has 118 valence electrons. The molecule has 0 bridgehead atoms. The topological polar surface area (TPSA) is 77.1 Å². The molecule has 0 radical (unpaired) electrons. The predicted molar refractivity (Wildman–Crippen MR) is 83.4 cm³/mol. The van der Waals surface area contributed by atoms with Crippen molar-refractivity contribution in [3.8, 4) is 11.5 Å². The largest absolute Gasteiger partial charge is 0.463 e. The number of hydrogen-bond donors (Lipinski definition) is 1. The Morgan fingerprint density at radius 2 is 2.23 bits per heavy atom. The molecule has 0 aliphatic carbocycles. The highest BCUT2D eigenvalue weighted by Crippen LogP contribution is 2.15. The molecule has 0 fully saturated rings. The minimum atomic E-state index is -0.229. The zero-order valence-corrected chi connectivity index (χ0v) is 12.9. The van der Waals surface area contributed by atoms with Crippen molar-refractivity contribution in [2.45, 2.75) is 39.2 Å². The van der Waals surface area contributed by atoms with Crippen LogP contribution in [0.3, 0.4) is 0 Å². The summed E-state index contributed by atoms with van der Waals surface area (Å²) in [6.07, 6.45) is 3.92. The number of hydrogen-bond acceptors (Lipinski definition) is 4. The third kappa shape index (κ3) is 4.07. The number of furan rings is 1. The monoisotopic (exact) mass is 303 g/mol. The molecule has 2 aromatic heterocycles. The maximum atomic E-state index is 12.0. The van der Waals surface area contributed by atoms with Gasteiger partial charge in [0.25, 0.3) is 5.56 Å². The zero-order valence-electron chi connectivity index (χ0n) is 12.9. The molecule has 22 heavy (non-hydrogen) atoms. The number of carbonyl (C=O) groups excluding carboxylic acids is 1. The van der Waals surface area contributed by atoms with E-state index in [1.165, 1.54) is 10.7 Å². The average molecular weight is 303 g/mol. The molecule has 0 saturated heterocycles. The second kappa shape index (κ2) is 7.59. The fraction of sp³-hybridized carbons (Fsp3) is 0.438. The summed E-state index contributed by atoms with van der Waals surface area (Å²) in [5.41, 5.74) is 0.388. The third-order valence-electron chi connectivity index (χ3n) is 3.37. The molecule has 0 saturated carbocycles. The van der Waals surface area contributed by atoms with Gasteiger partial charge in [0.05, 0.1) is 12.3 Å². The van der Waals surface area contributed by atoms with E-state index in [1.54, 1.807) is 24.5 Å². The number of carbonyl (C=O) groups is 1. The third-order valence-corrected chi connectivity index (χ3v) is 3.37. The van der Waals surface area contributed by atoms with Crippen LogP contribution in [0.5, 0.6) is 0 Å². The van der Waals surface area contributed by atoms with Crippen molar-refractivity contribution in [2.75, 3.05) is 6.54 Å². The summed E-state index contributed by atoms with van der Waals surface area (Å²) in [4.78, 5) is 23.6. The van der Waals surface area contributed by atoms with E-state index in [1.807, 2.05) is 13.8 Å². The summed E-state index contributed by atoms with van der Waals surface area (Å²) in [5, 5.41) is 7.15. The first-order chi connectivity index (χ1) is 10.6. The minimum absolute atomic E-state index is 0.00365. The second-order valence-electron chi connectivity index (χ2n) is 5.24. The molecule has 0 aliphatic heterocycles. The van der Waals surface area contributed by atoms with Crippen LogP contribution < -0.4 is 10.9 Å². The van der Waals surface area contributed by atoms with E-state index in [0.717, 1.165) is 12.8 Å². The van der Waals surface area contributed by atoms with Crippen LogP contribution in [0.4, 0.5) is 0 Å². The van der Waals surface area contributed by atoms with Crippen molar-refractivity contribution < 1.29 is 9.21 Å². The Labute approximate surface area is 129 Å². The summed E-state index contributed by atoms with van der Waals surface area (Å²) in [7, 11) is 0. The Morgan fingerprint density at radius 1 is 1.41 bits per heavy atom. The van der Waals surface area contributed by atoms with Crippen LogP contribution >= 0.6 is 0 Å². The fourth-order valence-electron chi connectivity index (χ4n) is 2.07. The number of rotatable bonds is 7. The highest BCUT2D eigenvalue weighted by molar-refractivity contribution is 5.75. The molecule has 1 N–H and O–H groups in total. The van der Waals surface area contributed by atoms with Gasteiger partial charge in [-0.25, -0.2) is 4.68 Å². The van der Waals surface area contributed by atoms with Crippen molar-refractivity contribution in [1.82, 2.24) is 15.1 Å². The lowest BCUT2D eigenvalue weighted by molar-refractivity contribution is -0.121. The van der Waals surface area contributed by atoms with Gasteiger partial charge in [-0.3, -0.25) is 9.59 Å². The Hall–Kier alpha value is -2.37. The summed E-state index contributed by atoms with van der Waals surface area (Å²) in [6, 6.07) is 6.41. The van der Waals surface area contributed by atoms with Gasteiger partial charge in [-0.15, -0.1) is 0 Å². The fourth-order valence-corrected chi connectivity index (χ4v) is 2.07. The van der Waals surface area contributed by atoms with Gasteiger partial charge in [0, 0.05) is 19.0 Å². The maximum Gasteiger partial charge on any atom is 0.267 e. The highest BCUT2D eigenvalue weighted by Gasteiger charge is 2.12. The number of nitrogens with one attached hydrogen (secondary N) is 1. The average Bonchev–Trinajstić information content (AvgIpc) is 3.05. The van der Waals surface area contributed by atoms with Gasteiger partial charge in [-0.1, -0.05) is 13.3 Å². The molecule has 6 heteroatoms. The van der Waals surface area contributed by atoms with E-state index in [0.29, 0.717) is 24.4 Å². The molecule has 2 rings (SSSR count). The van der Waals surface area contributed by atoms with E-state index in [2.05, 4.69) is 10.4 Å². The van der Waals surface area contributed by atoms with Gasteiger partial charge in [0.2, 0.25) is 5.91 Å². The quantitative estimate of drug-likeness (QED) is 0.852. The molecule has 2 aromatic rings. The lowest BCUT2D eigenvalue weighted by atomic mass is 10.2. The SMILES string of the molecule is CCCCC(=O)NCC(C)n1nc(-c2ccco2)ccc1=O. The normalized spacial score (nSPS) is 12.1. The smallest absolute Gasteiger partial charge is 0.267 e. The first-order valence-electron chi connectivity index (χ1n) is 7.52. The van der Waals surface area contributed by atoms with Crippen LogP contribution in [0, 0.1) is 0 Å². The van der Waals surface area contributed by atoms with Gasteiger partial charge >= 0.3 is 0 Å². The van der Waals surface area contributed by atoms with Gasteiger partial charge in [-0.2, -0.15) is 5.10 Å². The molecule has 6 nitrogen and oxygen atoms in total. The van der Waals surface area contributed by atoms with Crippen LogP contribution in [0.2, 0.25) is 0 Å². The van der Waals surface area contributed by atoms with E-state index >= 15 is 0 Å². The first-order valence-corrected chi connectivity index (χ1v) is 7.52. The first kappa shape index (κ1) is 16.0. The second-order valence-corrected chi connectivity index (χ2v) is 5.24. The number of unbranched alkanes of at least 4 members (excludes halogenated alkanes) is 1. The number of aromatic nitrogens is 2. The van der Waals surface area contributed by atoms with Crippen LogP contribution in [-0.2, 0) is 4.79 Å². The summed E-state index contributed by atoms with van der Waals surface area (Å²) >= 11 is 0. The van der Waals surface area contributed by atoms with E-state index in [9.17, 15) is 9.59 Å². The molecular weight excluding hydrogens is 282 g/mol. The minimum Gasteiger partial charge on any atom is -0.463 e. The summed E-state index contributed by atoms with van der Waals surface area (Å²) in [6.45, 7) is 4.26. The Balaban J connectivity index is 2.06. The lowest BCUT2D eigenvalue weighted by Crippen LogP contribution is -2.34. The van der Waals surface area contributed by atoms with Crippen LogP contribution in [0.25, 0.3) is 11.5 Å². The Bertz CT molecular complexity index is 662. The van der Waals surface area contributed by atoms with E-state index < -0.39 is 0 Å². The molecule has 0 spiro atoms. The molecule has 1 unspecified atom stereocenters. The molecule has 1 amide bonds. The molecule has 1 atom stereocenters.